The van der Waals surface area contributed by atoms with Crippen LogP contribution in [0.15, 0.2) is 34.9 Å². The van der Waals surface area contributed by atoms with Crippen molar-refractivity contribution in [1.82, 2.24) is 0 Å². The van der Waals surface area contributed by atoms with Gasteiger partial charge in [0.1, 0.15) is 6.29 Å². The Morgan fingerprint density at radius 3 is 1.79 bits per heavy atom. The lowest BCUT2D eigenvalue weighted by Crippen LogP contribution is -2.02. The summed E-state index contributed by atoms with van der Waals surface area (Å²) < 4.78 is 5.63. The Morgan fingerprint density at radius 2 is 1.29 bits per heavy atom. The van der Waals surface area contributed by atoms with Gasteiger partial charge < -0.3 is 9.53 Å². The standard InChI is InChI=1S/C22H36O2/c1-18(10-6-7-11-19(2)14-9-17-23)12-8-13-20(3)15-16-21-22(4,5)24-21/h10-11,13,17,21H,6-9,12,14-16H2,1-5H3/b18-10+,19-11+,20-13+/t21-/m0/s1. The van der Waals surface area contributed by atoms with Crippen LogP contribution in [0.25, 0.3) is 0 Å². The lowest BCUT2D eigenvalue weighted by molar-refractivity contribution is -0.107. The van der Waals surface area contributed by atoms with E-state index in [1.165, 1.54) is 16.7 Å². The SMILES string of the molecule is C/C(=C\CC/C=C(\C)CC/C=C(\C)CC[C@@H]1OC1(C)C)CCC=O. The average molecular weight is 333 g/mol. The van der Waals surface area contributed by atoms with Gasteiger partial charge in [0, 0.05) is 6.42 Å². The Kier molecular flexibility index (Phi) is 9.28. The van der Waals surface area contributed by atoms with Crippen LogP contribution in [0, 0.1) is 0 Å². The number of carbonyl (C=O) groups is 1. The Morgan fingerprint density at radius 1 is 0.833 bits per heavy atom. The maximum absolute atomic E-state index is 10.3. The van der Waals surface area contributed by atoms with Crippen LogP contribution in [-0.4, -0.2) is 18.0 Å². The van der Waals surface area contributed by atoms with E-state index in [0.717, 1.165) is 51.2 Å². The van der Waals surface area contributed by atoms with E-state index < -0.39 is 0 Å². The highest BCUT2D eigenvalue weighted by Crippen LogP contribution is 2.38. The molecule has 0 N–H and O–H groups in total. The molecule has 136 valence electrons. The van der Waals surface area contributed by atoms with E-state index in [1.807, 2.05) is 0 Å². The second kappa shape index (κ2) is 10.7. The van der Waals surface area contributed by atoms with Gasteiger partial charge in [0.25, 0.3) is 0 Å². The first-order valence-electron chi connectivity index (χ1n) is 9.43. The van der Waals surface area contributed by atoms with E-state index in [9.17, 15) is 4.79 Å². The number of allylic oxidation sites excluding steroid dienone is 6. The van der Waals surface area contributed by atoms with Crippen molar-refractivity contribution in [2.45, 2.75) is 97.7 Å². The molecule has 1 fully saturated rings. The van der Waals surface area contributed by atoms with Crippen LogP contribution in [0.1, 0.15) is 86.0 Å². The summed E-state index contributed by atoms with van der Waals surface area (Å²) in [6, 6.07) is 0. The third-order valence-electron chi connectivity index (χ3n) is 4.81. The Bertz CT molecular complexity index is 480. The van der Waals surface area contributed by atoms with E-state index >= 15 is 0 Å². The lowest BCUT2D eigenvalue weighted by Gasteiger charge is -2.02. The van der Waals surface area contributed by atoms with Crippen molar-refractivity contribution in [3.8, 4) is 0 Å². The molecule has 2 heteroatoms. The second-order valence-corrected chi connectivity index (χ2v) is 7.72. The van der Waals surface area contributed by atoms with Gasteiger partial charge in [0.05, 0.1) is 11.7 Å². The van der Waals surface area contributed by atoms with Crippen molar-refractivity contribution in [2.24, 2.45) is 0 Å². The van der Waals surface area contributed by atoms with Gasteiger partial charge in [-0.2, -0.15) is 0 Å². The molecule has 1 atom stereocenters. The summed E-state index contributed by atoms with van der Waals surface area (Å²) in [7, 11) is 0. The van der Waals surface area contributed by atoms with Gasteiger partial charge in [-0.05, 0) is 79.6 Å². The molecule has 24 heavy (non-hydrogen) atoms. The number of rotatable bonds is 12. The molecule has 0 spiro atoms. The van der Waals surface area contributed by atoms with Crippen molar-refractivity contribution in [2.75, 3.05) is 0 Å². The first-order valence-corrected chi connectivity index (χ1v) is 9.43. The number of unbranched alkanes of at least 4 members (excludes halogenated alkanes) is 1. The van der Waals surface area contributed by atoms with Gasteiger partial charge in [-0.25, -0.2) is 0 Å². The molecule has 1 heterocycles. The first-order chi connectivity index (χ1) is 11.3. The first kappa shape index (κ1) is 20.9. The van der Waals surface area contributed by atoms with E-state index in [2.05, 4.69) is 52.8 Å². The molecule has 0 aliphatic carbocycles. The highest BCUT2D eigenvalue weighted by molar-refractivity contribution is 5.49. The van der Waals surface area contributed by atoms with Crippen molar-refractivity contribution >= 4 is 6.29 Å². The predicted octanol–water partition coefficient (Wildman–Crippen LogP) is 6.32. The van der Waals surface area contributed by atoms with Gasteiger partial charge in [0.2, 0.25) is 0 Å². The quantitative estimate of drug-likeness (QED) is 0.181. The smallest absolute Gasteiger partial charge is 0.120 e. The molecule has 0 aromatic heterocycles. The topological polar surface area (TPSA) is 29.6 Å². The molecule has 0 saturated carbocycles. The van der Waals surface area contributed by atoms with Crippen molar-refractivity contribution in [3.05, 3.63) is 34.9 Å². The summed E-state index contributed by atoms with van der Waals surface area (Å²) in [5, 5.41) is 0. The van der Waals surface area contributed by atoms with Crippen LogP contribution in [0.2, 0.25) is 0 Å². The van der Waals surface area contributed by atoms with E-state index in [1.54, 1.807) is 0 Å². The zero-order valence-corrected chi connectivity index (χ0v) is 16.4. The number of epoxide rings is 1. The summed E-state index contributed by atoms with van der Waals surface area (Å²) in [6.07, 6.45) is 16.8. The normalized spacial score (nSPS) is 21.0. The average Bonchev–Trinajstić information content (AvgIpc) is 3.14. The summed E-state index contributed by atoms with van der Waals surface area (Å²) in [4.78, 5) is 10.3. The molecule has 0 bridgehead atoms. The van der Waals surface area contributed by atoms with Gasteiger partial charge in [-0.15, -0.1) is 0 Å². The predicted molar refractivity (Wildman–Crippen MR) is 103 cm³/mol. The Labute approximate surface area is 149 Å². The largest absolute Gasteiger partial charge is 0.367 e. The van der Waals surface area contributed by atoms with Crippen LogP contribution in [0.3, 0.4) is 0 Å². The molecule has 0 aromatic carbocycles. The molecular formula is C22H36O2. The maximum Gasteiger partial charge on any atom is 0.120 e. The summed E-state index contributed by atoms with van der Waals surface area (Å²) in [6.45, 7) is 10.9. The monoisotopic (exact) mass is 332 g/mol. The molecule has 0 radical (unpaired) electrons. The minimum atomic E-state index is 0.125. The van der Waals surface area contributed by atoms with Gasteiger partial charge in [0.15, 0.2) is 0 Å². The number of aldehydes is 1. The van der Waals surface area contributed by atoms with Crippen LogP contribution >= 0.6 is 0 Å². The zero-order chi connectivity index (χ0) is 18.0. The summed E-state index contributed by atoms with van der Waals surface area (Å²) in [5.41, 5.74) is 4.42. The molecule has 0 unspecified atom stereocenters. The molecule has 0 amide bonds. The fourth-order valence-electron chi connectivity index (χ4n) is 2.90. The fraction of sp³-hybridized carbons (Fsp3) is 0.682. The number of ether oxygens (including phenoxy) is 1. The number of carbonyl (C=O) groups excluding carboxylic acids is 1. The van der Waals surface area contributed by atoms with Gasteiger partial charge in [-0.3, -0.25) is 0 Å². The van der Waals surface area contributed by atoms with Gasteiger partial charge in [-0.1, -0.05) is 34.9 Å². The van der Waals surface area contributed by atoms with Crippen molar-refractivity contribution in [1.29, 1.82) is 0 Å². The van der Waals surface area contributed by atoms with E-state index in [-0.39, 0.29) is 5.60 Å². The molecule has 1 saturated heterocycles. The van der Waals surface area contributed by atoms with Gasteiger partial charge >= 0.3 is 0 Å². The number of hydrogen-bond donors (Lipinski definition) is 0. The maximum atomic E-state index is 10.3. The Balaban J connectivity index is 2.14. The molecular weight excluding hydrogens is 296 g/mol. The van der Waals surface area contributed by atoms with Crippen LogP contribution in [0.5, 0.6) is 0 Å². The zero-order valence-electron chi connectivity index (χ0n) is 16.4. The molecule has 0 aromatic rings. The number of hydrogen-bond acceptors (Lipinski definition) is 2. The molecule has 1 aliphatic rings. The Hall–Kier alpha value is -1.15. The molecule has 2 nitrogen and oxygen atoms in total. The second-order valence-electron chi connectivity index (χ2n) is 7.72. The minimum absolute atomic E-state index is 0.125. The lowest BCUT2D eigenvalue weighted by atomic mass is 10.0. The highest BCUT2D eigenvalue weighted by atomic mass is 16.6. The minimum Gasteiger partial charge on any atom is -0.367 e. The molecule has 1 rings (SSSR count). The van der Waals surface area contributed by atoms with Crippen LogP contribution in [-0.2, 0) is 9.53 Å². The van der Waals surface area contributed by atoms with Crippen LogP contribution in [0.4, 0.5) is 0 Å². The van der Waals surface area contributed by atoms with Crippen molar-refractivity contribution < 1.29 is 9.53 Å². The third kappa shape index (κ3) is 9.22. The summed E-state index contributed by atoms with van der Waals surface area (Å²) in [5.74, 6) is 0. The molecule has 1 aliphatic heterocycles. The fourth-order valence-corrected chi connectivity index (χ4v) is 2.90. The van der Waals surface area contributed by atoms with Crippen LogP contribution < -0.4 is 0 Å². The highest BCUT2D eigenvalue weighted by Gasteiger charge is 2.46. The third-order valence-corrected chi connectivity index (χ3v) is 4.81. The van der Waals surface area contributed by atoms with E-state index in [0.29, 0.717) is 12.5 Å². The van der Waals surface area contributed by atoms with Crippen molar-refractivity contribution in [3.63, 3.8) is 0 Å². The van der Waals surface area contributed by atoms with E-state index in [4.69, 9.17) is 4.74 Å². The summed E-state index contributed by atoms with van der Waals surface area (Å²) >= 11 is 0.